The number of piperidine rings is 2. The van der Waals surface area contributed by atoms with Crippen LogP contribution in [-0.4, -0.2) is 77.4 Å². The van der Waals surface area contributed by atoms with E-state index in [0.717, 1.165) is 69.8 Å². The van der Waals surface area contributed by atoms with Gasteiger partial charge in [-0.3, -0.25) is 9.59 Å². The molecule has 39 heavy (non-hydrogen) atoms. The van der Waals surface area contributed by atoms with Crippen molar-refractivity contribution in [3.8, 4) is 0 Å². The van der Waals surface area contributed by atoms with Crippen molar-refractivity contribution in [3.63, 3.8) is 0 Å². The number of hydrogen-bond acceptors (Lipinski definition) is 6. The SMILES string of the molecule is CNC(=O)C1CCN(C2CCN(C(=O)c3ncnc(NCC4CCCC(c5ccccc5)C4)c3C)CC2)CC1. The molecule has 8 nitrogen and oxygen atoms in total. The molecule has 1 aromatic carbocycles. The Morgan fingerprint density at radius 1 is 0.949 bits per heavy atom. The molecule has 3 aliphatic rings. The minimum absolute atomic E-state index is 0.0107. The van der Waals surface area contributed by atoms with Crippen molar-refractivity contribution in [2.24, 2.45) is 11.8 Å². The third-order valence-corrected chi connectivity index (χ3v) is 9.31. The lowest BCUT2D eigenvalue weighted by molar-refractivity contribution is -0.126. The fourth-order valence-corrected chi connectivity index (χ4v) is 6.90. The summed E-state index contributed by atoms with van der Waals surface area (Å²) in [7, 11) is 1.72. The van der Waals surface area contributed by atoms with Gasteiger partial charge in [-0.2, -0.15) is 0 Å². The highest BCUT2D eigenvalue weighted by molar-refractivity contribution is 5.94. The highest BCUT2D eigenvalue weighted by Gasteiger charge is 2.32. The third-order valence-electron chi connectivity index (χ3n) is 9.31. The number of rotatable bonds is 7. The first-order valence-corrected chi connectivity index (χ1v) is 14.9. The van der Waals surface area contributed by atoms with Gasteiger partial charge in [0.05, 0.1) is 0 Å². The fourth-order valence-electron chi connectivity index (χ4n) is 6.90. The van der Waals surface area contributed by atoms with Gasteiger partial charge < -0.3 is 20.4 Å². The topological polar surface area (TPSA) is 90.5 Å². The quantitative estimate of drug-likeness (QED) is 0.555. The molecule has 0 bridgehead atoms. The van der Waals surface area contributed by atoms with E-state index in [1.807, 2.05) is 11.8 Å². The highest BCUT2D eigenvalue weighted by Crippen LogP contribution is 2.36. The normalized spacial score (nSPS) is 23.4. The summed E-state index contributed by atoms with van der Waals surface area (Å²) in [4.78, 5) is 38.8. The van der Waals surface area contributed by atoms with E-state index in [2.05, 4.69) is 55.8 Å². The first-order chi connectivity index (χ1) is 19.0. The summed E-state index contributed by atoms with van der Waals surface area (Å²) in [5.74, 6) is 2.32. The van der Waals surface area contributed by atoms with Crippen LogP contribution in [0.1, 0.15) is 78.9 Å². The molecule has 1 aliphatic carbocycles. The van der Waals surface area contributed by atoms with Crippen molar-refractivity contribution in [1.82, 2.24) is 25.1 Å². The second-order valence-corrected chi connectivity index (χ2v) is 11.7. The first-order valence-electron chi connectivity index (χ1n) is 14.9. The lowest BCUT2D eigenvalue weighted by atomic mass is 9.78. The van der Waals surface area contributed by atoms with Crippen LogP contribution in [0.4, 0.5) is 5.82 Å². The van der Waals surface area contributed by atoms with Gasteiger partial charge in [0.1, 0.15) is 17.8 Å². The van der Waals surface area contributed by atoms with Crippen LogP contribution in [0.25, 0.3) is 0 Å². The summed E-state index contributed by atoms with van der Waals surface area (Å²) in [6.45, 7) is 6.25. The van der Waals surface area contributed by atoms with Gasteiger partial charge in [0.15, 0.2) is 0 Å². The number of amides is 2. The fraction of sp³-hybridized carbons (Fsp3) is 0.613. The molecule has 2 N–H and O–H groups in total. The molecule has 2 aromatic rings. The van der Waals surface area contributed by atoms with Crippen LogP contribution < -0.4 is 10.6 Å². The number of nitrogens with one attached hydrogen (secondary N) is 2. The van der Waals surface area contributed by atoms with Crippen molar-refractivity contribution >= 4 is 17.6 Å². The summed E-state index contributed by atoms with van der Waals surface area (Å²) in [5.41, 5.74) is 2.81. The van der Waals surface area contributed by atoms with E-state index in [4.69, 9.17) is 0 Å². The standard InChI is InChI=1S/C31H44N6O2/c1-22-28(31(39)37-17-13-27(14-18-37)36-15-11-25(12-16-36)30(38)32-2)34-21-35-29(22)33-20-23-7-6-10-26(19-23)24-8-4-3-5-9-24/h3-5,8-9,21,23,25-27H,6-7,10-20H2,1-2H3,(H,32,38)(H,33,34,35). The average molecular weight is 533 g/mol. The Labute approximate surface area is 233 Å². The lowest BCUT2D eigenvalue weighted by Gasteiger charge is -2.41. The molecule has 210 valence electrons. The van der Waals surface area contributed by atoms with E-state index >= 15 is 0 Å². The lowest BCUT2D eigenvalue weighted by Crippen LogP contribution is -2.50. The molecule has 5 rings (SSSR count). The predicted octanol–water partition coefficient (Wildman–Crippen LogP) is 4.23. The van der Waals surface area contributed by atoms with Crippen molar-refractivity contribution in [3.05, 3.63) is 53.5 Å². The molecule has 8 heteroatoms. The minimum Gasteiger partial charge on any atom is -0.369 e. The maximum Gasteiger partial charge on any atom is 0.272 e. The molecule has 2 saturated heterocycles. The Morgan fingerprint density at radius 2 is 1.69 bits per heavy atom. The summed E-state index contributed by atoms with van der Waals surface area (Å²) < 4.78 is 0. The number of benzene rings is 1. The molecule has 3 heterocycles. The Hall–Kier alpha value is -3.00. The minimum atomic E-state index is 0.0107. The second-order valence-electron chi connectivity index (χ2n) is 11.7. The first kappa shape index (κ1) is 27.6. The Morgan fingerprint density at radius 3 is 2.41 bits per heavy atom. The van der Waals surface area contributed by atoms with Crippen LogP contribution in [0.5, 0.6) is 0 Å². The molecule has 1 aromatic heterocycles. The summed E-state index contributed by atoms with van der Waals surface area (Å²) >= 11 is 0. The maximum atomic E-state index is 13.5. The molecule has 2 atom stereocenters. The van der Waals surface area contributed by atoms with Crippen LogP contribution in [0, 0.1) is 18.8 Å². The highest BCUT2D eigenvalue weighted by atomic mass is 16.2. The molecule has 2 aliphatic heterocycles. The summed E-state index contributed by atoms with van der Waals surface area (Å²) in [6.07, 6.45) is 10.2. The van der Waals surface area contributed by atoms with E-state index in [0.29, 0.717) is 23.6 Å². The Kier molecular flexibility index (Phi) is 9.12. The number of carbonyl (C=O) groups excluding carboxylic acids is 2. The molecular formula is C31H44N6O2. The van der Waals surface area contributed by atoms with Crippen LogP contribution in [-0.2, 0) is 4.79 Å². The molecule has 1 saturated carbocycles. The van der Waals surface area contributed by atoms with Gasteiger partial charge in [-0.1, -0.05) is 36.8 Å². The van der Waals surface area contributed by atoms with Crippen LogP contribution in [0.3, 0.4) is 0 Å². The molecule has 2 unspecified atom stereocenters. The zero-order valence-corrected chi connectivity index (χ0v) is 23.6. The average Bonchev–Trinajstić information content (AvgIpc) is 3.00. The smallest absolute Gasteiger partial charge is 0.272 e. The van der Waals surface area contributed by atoms with Crippen molar-refractivity contribution in [2.75, 3.05) is 45.1 Å². The van der Waals surface area contributed by atoms with Crippen molar-refractivity contribution in [2.45, 2.75) is 70.3 Å². The van der Waals surface area contributed by atoms with Crippen molar-refractivity contribution in [1.29, 1.82) is 0 Å². The van der Waals surface area contributed by atoms with Crippen molar-refractivity contribution < 1.29 is 9.59 Å². The number of carbonyl (C=O) groups is 2. The molecule has 0 radical (unpaired) electrons. The van der Waals surface area contributed by atoms with E-state index in [1.165, 1.54) is 37.6 Å². The Bertz CT molecular complexity index is 1110. The number of nitrogens with zero attached hydrogens (tertiary/aromatic N) is 4. The van der Waals surface area contributed by atoms with Gasteiger partial charge in [-0.05, 0) is 82.4 Å². The zero-order chi connectivity index (χ0) is 27.2. The van der Waals surface area contributed by atoms with Gasteiger partial charge in [0.2, 0.25) is 5.91 Å². The molecule has 2 amide bonds. The number of aromatic nitrogens is 2. The van der Waals surface area contributed by atoms with E-state index in [9.17, 15) is 9.59 Å². The van der Waals surface area contributed by atoms with Crippen LogP contribution in [0.2, 0.25) is 0 Å². The number of likely N-dealkylation sites (tertiary alicyclic amines) is 2. The number of hydrogen-bond donors (Lipinski definition) is 2. The van der Waals surface area contributed by atoms with Gasteiger partial charge in [-0.15, -0.1) is 0 Å². The van der Waals surface area contributed by atoms with Crippen LogP contribution >= 0.6 is 0 Å². The maximum absolute atomic E-state index is 13.5. The second kappa shape index (κ2) is 12.9. The summed E-state index contributed by atoms with van der Waals surface area (Å²) in [5, 5.41) is 6.35. The van der Waals surface area contributed by atoms with Gasteiger partial charge >= 0.3 is 0 Å². The van der Waals surface area contributed by atoms with Gasteiger partial charge in [-0.25, -0.2) is 9.97 Å². The summed E-state index contributed by atoms with van der Waals surface area (Å²) in [6, 6.07) is 11.4. The zero-order valence-electron chi connectivity index (χ0n) is 23.6. The molecular weight excluding hydrogens is 488 g/mol. The van der Waals surface area contributed by atoms with E-state index in [-0.39, 0.29) is 17.7 Å². The monoisotopic (exact) mass is 532 g/mol. The molecule has 0 spiro atoms. The predicted molar refractivity (Wildman–Crippen MR) is 154 cm³/mol. The van der Waals surface area contributed by atoms with E-state index < -0.39 is 0 Å². The van der Waals surface area contributed by atoms with Crippen LogP contribution in [0.15, 0.2) is 36.7 Å². The van der Waals surface area contributed by atoms with E-state index in [1.54, 1.807) is 7.05 Å². The molecule has 3 fully saturated rings. The Balaban J connectivity index is 1.12. The third kappa shape index (κ3) is 6.60. The largest absolute Gasteiger partial charge is 0.369 e. The van der Waals surface area contributed by atoms with Gasteiger partial charge in [0, 0.05) is 44.2 Å². The number of anilines is 1. The van der Waals surface area contributed by atoms with Gasteiger partial charge in [0.25, 0.3) is 5.91 Å².